The van der Waals surface area contributed by atoms with E-state index in [1.54, 1.807) is 27.7 Å². The summed E-state index contributed by atoms with van der Waals surface area (Å²) in [7, 11) is 0. The first kappa shape index (κ1) is 78.7. The van der Waals surface area contributed by atoms with Crippen LogP contribution >= 0.6 is 11.8 Å². The Morgan fingerprint density at radius 3 is 1.39 bits per heavy atom. The lowest BCUT2D eigenvalue weighted by atomic mass is 9.96. The number of carboxylic acid groups (broad SMARTS) is 1. The average Bonchev–Trinajstić information content (AvgIpc) is 1.29. The van der Waals surface area contributed by atoms with E-state index in [-0.39, 0.29) is 79.0 Å². The first-order valence-electron chi connectivity index (χ1n) is 31.6. The summed E-state index contributed by atoms with van der Waals surface area (Å²) in [6, 6.07) is -0.377. The number of aromatic hydroxyl groups is 3. The molecule has 23 N–H and O–H groups in total. The maximum Gasteiger partial charge on any atom is 0.305 e. The first-order valence-corrected chi connectivity index (χ1v) is 32.8. The molecule has 3 aromatic carbocycles. The number of nitrogens with zero attached hydrogens (tertiary/aromatic N) is 2. The number of hydrogen-bond donors (Lipinski definition) is 19. The molecule has 99 heavy (non-hydrogen) atoms. The number of nitrogens with two attached hydrogens (primary N) is 4. The first-order chi connectivity index (χ1) is 46.9. The molecule has 4 aromatic rings. The maximum atomic E-state index is 14.8. The third kappa shape index (κ3) is 26.9. The molecule has 0 saturated carbocycles. The molecule has 35 heteroatoms. The predicted molar refractivity (Wildman–Crippen MR) is 358 cm³/mol. The monoisotopic (exact) mass is 1400 g/mol. The second-order valence-electron chi connectivity index (χ2n) is 24.1. The van der Waals surface area contributed by atoms with Crippen LogP contribution in [0.25, 0.3) is 0 Å². The van der Waals surface area contributed by atoms with E-state index in [1.165, 1.54) is 85.3 Å². The summed E-state index contributed by atoms with van der Waals surface area (Å²) in [4.78, 5) is 194. The molecule has 1 saturated heterocycles. The fourth-order valence-corrected chi connectivity index (χ4v) is 11.0. The van der Waals surface area contributed by atoms with Gasteiger partial charge < -0.3 is 102 Å². The lowest BCUT2D eigenvalue weighted by molar-refractivity contribution is -0.141. The minimum atomic E-state index is -2.05. The number of phenolic OH excluding ortho intramolecular Hbond substituents is 3. The Labute approximate surface area is 573 Å². The van der Waals surface area contributed by atoms with Crippen LogP contribution < -0.4 is 76.1 Å². The van der Waals surface area contributed by atoms with Crippen LogP contribution in [0.2, 0.25) is 0 Å². The lowest BCUT2D eigenvalue weighted by Crippen LogP contribution is -2.61. The van der Waals surface area contributed by atoms with E-state index in [9.17, 15) is 82.8 Å². The van der Waals surface area contributed by atoms with Crippen LogP contribution in [0.5, 0.6) is 17.2 Å². The van der Waals surface area contributed by atoms with Gasteiger partial charge in [-0.3, -0.25) is 67.3 Å². The minimum Gasteiger partial charge on any atom is -0.508 e. The molecule has 5 rings (SSSR count). The van der Waals surface area contributed by atoms with Gasteiger partial charge in [0.1, 0.15) is 77.7 Å². The van der Waals surface area contributed by atoms with Gasteiger partial charge in [-0.1, -0.05) is 70.5 Å². The molecule has 0 spiro atoms. The van der Waals surface area contributed by atoms with Crippen LogP contribution in [0.1, 0.15) is 88.6 Å². The molecular weight excluding hydrogens is 1310 g/mol. The van der Waals surface area contributed by atoms with Crippen molar-refractivity contribution in [2.45, 2.75) is 152 Å². The summed E-state index contributed by atoms with van der Waals surface area (Å²) in [6.45, 7) is 6.75. The predicted octanol–water partition coefficient (Wildman–Crippen LogP) is -3.63. The number of amides is 12. The van der Waals surface area contributed by atoms with Crippen LogP contribution in [0.3, 0.4) is 0 Å². The number of carboxylic acids is 1. The number of phenols is 3. The van der Waals surface area contributed by atoms with Crippen molar-refractivity contribution >= 4 is 94.6 Å². The van der Waals surface area contributed by atoms with Crippen molar-refractivity contribution in [3.05, 3.63) is 108 Å². The Hall–Kier alpha value is -11.0. The van der Waals surface area contributed by atoms with Crippen molar-refractivity contribution in [2.75, 3.05) is 18.1 Å². The number of aliphatic carboxylic acids is 1. The number of aromatic amines is 1. The van der Waals surface area contributed by atoms with Crippen molar-refractivity contribution in [3.8, 4) is 17.2 Å². The number of nitrogens with one attached hydrogen (secondary N) is 11. The Bertz CT molecular complexity index is 3500. The van der Waals surface area contributed by atoms with Crippen molar-refractivity contribution in [3.63, 3.8) is 0 Å². The molecule has 1 aromatic heterocycles. The number of imidazole rings is 1. The molecule has 0 radical (unpaired) electrons. The lowest BCUT2D eigenvalue weighted by Gasteiger charge is -2.30. The average molecular weight is 1400 g/mol. The molecular formula is C64H87N17O17S. The number of rotatable bonds is 21. The van der Waals surface area contributed by atoms with E-state index < -0.39 is 187 Å². The number of aliphatic imine (C=N–C) groups is 1. The van der Waals surface area contributed by atoms with Crippen LogP contribution in [0.4, 0.5) is 0 Å². The van der Waals surface area contributed by atoms with Gasteiger partial charge >= 0.3 is 5.97 Å². The minimum absolute atomic E-state index is 0.0392. The Kier molecular flexibility index (Phi) is 30.7. The van der Waals surface area contributed by atoms with Crippen LogP contribution in [-0.4, -0.2) is 192 Å². The van der Waals surface area contributed by atoms with E-state index in [2.05, 4.69) is 68.1 Å². The van der Waals surface area contributed by atoms with E-state index in [0.717, 1.165) is 11.8 Å². The summed E-state index contributed by atoms with van der Waals surface area (Å²) >= 11 is 0.753. The number of H-pyrrole nitrogens is 1. The molecule has 0 aliphatic carbocycles. The largest absolute Gasteiger partial charge is 0.508 e. The Morgan fingerprint density at radius 1 is 0.535 bits per heavy atom. The highest BCUT2D eigenvalue weighted by molar-refractivity contribution is 8.00. The normalized spacial score (nSPS) is 23.0. The summed E-state index contributed by atoms with van der Waals surface area (Å²) in [5.41, 5.74) is 23.7. The summed E-state index contributed by atoms with van der Waals surface area (Å²) < 4.78 is 0. The van der Waals surface area contributed by atoms with Gasteiger partial charge in [-0.2, -0.15) is 0 Å². The third-order valence-corrected chi connectivity index (χ3v) is 16.6. The maximum absolute atomic E-state index is 14.8. The van der Waals surface area contributed by atoms with Gasteiger partial charge in [-0.05, 0) is 84.2 Å². The second-order valence-corrected chi connectivity index (χ2v) is 25.2. The van der Waals surface area contributed by atoms with Crippen molar-refractivity contribution in [1.82, 2.24) is 63.1 Å². The number of hydrogen-bond acceptors (Lipinski definition) is 19. The van der Waals surface area contributed by atoms with E-state index in [0.29, 0.717) is 11.1 Å². The molecule has 0 unspecified atom stereocenters. The summed E-state index contributed by atoms with van der Waals surface area (Å²) in [5.74, 6) is -17.1. The SMILES string of the molecule is CC[C@H](C)[C@@H]1NC(=O)[C@H](Cc2ccc(O)cc2)NC(=O)CSC[C@@H](C(N)=O)NC(=O)[C@H](CC(N)=O)NC(=O)[C@H](Cc2cnc[nH]2)NC(=O)[C@H](Cc2ccc(O)cc2)NC(=O)[C@H](CC(=O)O)NC(=O)[C@H](Cc2ccc(O)cc2)NC(=O)[C@H](CC(C)C)NC(=O)[C@H](CCCN=C(N)N)NC1=O. The molecule has 2 heterocycles. The standard InChI is InChI=1S/C64H87N17O17S/c1-5-33(4)53-63(98)73-41(7-6-20-70-64(67)68)55(90)74-42(21-32(2)3)56(91)75-45(24-36-12-18-40(84)19-13-36)58(93)79-48(27-52(87)88)61(96)76-44(23-35-10-16-39(83)17-11-35)57(92)77-46(25-37-28-69-31-71-37)59(94)78-47(26-50(65)85)60(95)80-49(54(66)89)29-99-30-51(86)72-43(62(97)81-53)22-34-8-14-38(82)15-9-34/h8-19,28,31-33,41-49,53,82-84H,5-7,20-27,29-30H2,1-4H3,(H2,65,85)(H2,66,89)(H,69,71)(H,72,86)(H,73,98)(H,74,90)(H,75,91)(H,76,96)(H,77,92)(H,78,94)(H,79,93)(H,80,95)(H,81,97)(H,87,88)(H4,67,68,70)/t33-,41-,42-,43-,44-,45-,46-,47-,48-,49-,53-/m0/s1. The summed E-state index contributed by atoms with van der Waals surface area (Å²) in [6.07, 6.45) is -0.968. The summed E-state index contributed by atoms with van der Waals surface area (Å²) in [5, 5.41) is 65.9. The molecule has 12 amide bonds. The zero-order valence-corrected chi connectivity index (χ0v) is 55.7. The van der Waals surface area contributed by atoms with Crippen LogP contribution in [0.15, 0.2) is 90.3 Å². The molecule has 1 fully saturated rings. The Balaban J connectivity index is 1.65. The number of carbonyl (C=O) groups is 13. The topological polar surface area (TPSA) is 568 Å². The number of thioether (sulfide) groups is 1. The van der Waals surface area contributed by atoms with E-state index >= 15 is 0 Å². The number of aromatic nitrogens is 2. The molecule has 11 atom stereocenters. The molecule has 536 valence electrons. The smallest absolute Gasteiger partial charge is 0.305 e. The van der Waals surface area contributed by atoms with Crippen molar-refractivity contribution in [2.24, 2.45) is 39.8 Å². The fourth-order valence-electron chi connectivity index (χ4n) is 10.2. The highest BCUT2D eigenvalue weighted by Gasteiger charge is 2.38. The van der Waals surface area contributed by atoms with Gasteiger partial charge in [0.2, 0.25) is 70.9 Å². The van der Waals surface area contributed by atoms with Crippen LogP contribution in [-0.2, 0) is 88.0 Å². The zero-order chi connectivity index (χ0) is 73.0. The van der Waals surface area contributed by atoms with Gasteiger partial charge in [-0.15, -0.1) is 11.8 Å². The van der Waals surface area contributed by atoms with E-state index in [1.807, 2.05) is 0 Å². The molecule has 0 bridgehead atoms. The Morgan fingerprint density at radius 2 is 0.949 bits per heavy atom. The van der Waals surface area contributed by atoms with Crippen molar-refractivity contribution < 1.29 is 82.8 Å². The van der Waals surface area contributed by atoms with Gasteiger partial charge in [0.05, 0.1) is 24.9 Å². The number of guanidine groups is 1. The van der Waals surface area contributed by atoms with E-state index in [4.69, 9.17) is 22.9 Å². The molecule has 1 aliphatic heterocycles. The quantitative estimate of drug-likeness (QED) is 0.0217. The fraction of sp³-hybridized carbons (Fsp3) is 0.453. The number of primary amides is 2. The number of benzene rings is 3. The third-order valence-electron chi connectivity index (χ3n) is 15.6. The van der Waals surface area contributed by atoms with Gasteiger partial charge in [0.25, 0.3) is 0 Å². The van der Waals surface area contributed by atoms with Gasteiger partial charge in [-0.25, -0.2) is 4.98 Å². The molecule has 34 nitrogen and oxygen atoms in total. The highest BCUT2D eigenvalue weighted by atomic mass is 32.2. The van der Waals surface area contributed by atoms with Gasteiger partial charge in [0.15, 0.2) is 5.96 Å². The number of carbonyl (C=O) groups excluding carboxylic acids is 12. The highest BCUT2D eigenvalue weighted by Crippen LogP contribution is 2.19. The second kappa shape index (κ2) is 38.7. The molecule has 1 aliphatic rings. The van der Waals surface area contributed by atoms with Gasteiger partial charge in [0, 0.05) is 49.9 Å². The van der Waals surface area contributed by atoms with Crippen LogP contribution in [0, 0.1) is 11.8 Å². The van der Waals surface area contributed by atoms with Crippen molar-refractivity contribution in [1.29, 1.82) is 0 Å². The zero-order valence-electron chi connectivity index (χ0n) is 54.9.